The molecule has 0 aromatic carbocycles. The second kappa shape index (κ2) is 5.52. The van der Waals surface area contributed by atoms with Gasteiger partial charge in [-0.25, -0.2) is 0 Å². The number of rotatable bonds is 4. The van der Waals surface area contributed by atoms with Gasteiger partial charge in [-0.15, -0.1) is 11.3 Å². The number of hydrogen-bond acceptors (Lipinski definition) is 4. The maximum atomic E-state index is 4.28. The van der Waals surface area contributed by atoms with Crippen molar-refractivity contribution < 1.29 is 0 Å². The summed E-state index contributed by atoms with van der Waals surface area (Å²) in [6, 6.07) is 2.12. The normalized spacial score (nSPS) is 10.6. The van der Waals surface area contributed by atoms with E-state index in [9.17, 15) is 0 Å². The van der Waals surface area contributed by atoms with Crippen molar-refractivity contribution in [3.8, 4) is 0 Å². The molecule has 84 valence electrons. The van der Waals surface area contributed by atoms with Gasteiger partial charge in [0.15, 0.2) is 0 Å². The molecule has 0 aliphatic carbocycles. The number of halogens is 1. The first kappa shape index (κ1) is 11.7. The topological polar surface area (TPSA) is 37.8 Å². The molecule has 0 unspecified atom stereocenters. The Kier molecular flexibility index (Phi) is 4.04. The lowest BCUT2D eigenvalue weighted by Gasteiger charge is -2.02. The molecular formula is C11H12BrN3S. The number of aryl methyl sites for hydroxylation is 1. The fraction of sp³-hybridized carbons (Fsp3) is 0.273. The van der Waals surface area contributed by atoms with Crippen LogP contribution < -0.4 is 5.32 Å². The summed E-state index contributed by atoms with van der Waals surface area (Å²) in [5.41, 5.74) is 1.92. The second-order valence-corrected chi connectivity index (χ2v) is 5.40. The van der Waals surface area contributed by atoms with Crippen molar-refractivity contribution in [1.29, 1.82) is 0 Å². The van der Waals surface area contributed by atoms with Gasteiger partial charge in [0.1, 0.15) is 0 Å². The Labute approximate surface area is 107 Å². The number of aromatic nitrogens is 2. The Morgan fingerprint density at radius 2 is 2.19 bits per heavy atom. The average molecular weight is 298 g/mol. The molecule has 0 radical (unpaired) electrons. The summed E-state index contributed by atoms with van der Waals surface area (Å²) >= 11 is 5.18. The Morgan fingerprint density at radius 3 is 2.81 bits per heavy atom. The highest BCUT2D eigenvalue weighted by molar-refractivity contribution is 9.10. The van der Waals surface area contributed by atoms with Crippen molar-refractivity contribution in [2.75, 3.05) is 0 Å². The summed E-state index contributed by atoms with van der Waals surface area (Å²) in [4.78, 5) is 9.80. The first-order valence-electron chi connectivity index (χ1n) is 4.95. The number of hydrogen-bond donors (Lipinski definition) is 1. The van der Waals surface area contributed by atoms with Crippen LogP contribution in [0.25, 0.3) is 0 Å². The molecular weight excluding hydrogens is 286 g/mol. The molecule has 2 heterocycles. The van der Waals surface area contributed by atoms with Gasteiger partial charge in [-0.1, -0.05) is 0 Å². The predicted molar refractivity (Wildman–Crippen MR) is 69.3 cm³/mol. The van der Waals surface area contributed by atoms with E-state index in [1.807, 2.05) is 13.1 Å². The summed E-state index contributed by atoms with van der Waals surface area (Å²) in [5.74, 6) is 0. The second-order valence-electron chi connectivity index (χ2n) is 3.48. The molecule has 2 aromatic rings. The van der Waals surface area contributed by atoms with Crippen LogP contribution in [0.5, 0.6) is 0 Å². The first-order valence-corrected chi connectivity index (χ1v) is 6.62. The van der Waals surface area contributed by atoms with Crippen molar-refractivity contribution >= 4 is 27.3 Å². The quantitative estimate of drug-likeness (QED) is 0.943. The van der Waals surface area contributed by atoms with Crippen LogP contribution in [0, 0.1) is 6.92 Å². The highest BCUT2D eigenvalue weighted by atomic mass is 79.9. The molecule has 0 fully saturated rings. The van der Waals surface area contributed by atoms with Crippen LogP contribution in [0.2, 0.25) is 0 Å². The Hall–Kier alpha value is -0.780. The van der Waals surface area contributed by atoms with Crippen molar-refractivity contribution in [2.45, 2.75) is 20.0 Å². The third kappa shape index (κ3) is 3.37. The highest BCUT2D eigenvalue weighted by Gasteiger charge is 1.98. The summed E-state index contributed by atoms with van der Waals surface area (Å²) in [7, 11) is 0. The molecule has 5 heteroatoms. The molecule has 0 aliphatic heterocycles. The highest BCUT2D eigenvalue weighted by Crippen LogP contribution is 2.19. The molecule has 1 N–H and O–H groups in total. The summed E-state index contributed by atoms with van der Waals surface area (Å²) < 4.78 is 1.14. The predicted octanol–water partition coefficient (Wildman–Crippen LogP) is 2.90. The van der Waals surface area contributed by atoms with Crippen LogP contribution in [0.1, 0.15) is 16.3 Å². The fourth-order valence-electron chi connectivity index (χ4n) is 1.27. The number of thiophene rings is 1. The van der Waals surface area contributed by atoms with Gasteiger partial charge in [-0.05, 0) is 28.9 Å². The van der Waals surface area contributed by atoms with Gasteiger partial charge in [-0.2, -0.15) is 0 Å². The maximum Gasteiger partial charge on any atom is 0.0724 e. The van der Waals surface area contributed by atoms with Crippen LogP contribution in [-0.4, -0.2) is 9.97 Å². The molecule has 0 amide bonds. The van der Waals surface area contributed by atoms with Crippen molar-refractivity contribution in [1.82, 2.24) is 15.3 Å². The van der Waals surface area contributed by atoms with Crippen LogP contribution in [0.3, 0.4) is 0 Å². The van der Waals surface area contributed by atoms with Gasteiger partial charge >= 0.3 is 0 Å². The molecule has 0 spiro atoms. The van der Waals surface area contributed by atoms with E-state index in [0.717, 1.165) is 29.0 Å². The lowest BCUT2D eigenvalue weighted by Crippen LogP contribution is -2.13. The zero-order chi connectivity index (χ0) is 11.4. The van der Waals surface area contributed by atoms with Crippen LogP contribution in [-0.2, 0) is 13.1 Å². The molecule has 16 heavy (non-hydrogen) atoms. The van der Waals surface area contributed by atoms with E-state index < -0.39 is 0 Å². The third-order valence-corrected chi connectivity index (χ3v) is 3.76. The van der Waals surface area contributed by atoms with E-state index in [-0.39, 0.29) is 0 Å². The summed E-state index contributed by atoms with van der Waals surface area (Å²) in [5, 5.41) is 5.42. The van der Waals surface area contributed by atoms with Gasteiger partial charge in [0, 0.05) is 40.2 Å². The Balaban J connectivity index is 1.82. The minimum absolute atomic E-state index is 0.753. The molecule has 3 nitrogen and oxygen atoms in total. The van der Waals surface area contributed by atoms with E-state index in [1.165, 1.54) is 4.88 Å². The van der Waals surface area contributed by atoms with E-state index in [2.05, 4.69) is 42.7 Å². The Bertz CT molecular complexity index is 453. The lowest BCUT2D eigenvalue weighted by molar-refractivity contribution is 0.682. The fourth-order valence-corrected chi connectivity index (χ4v) is 2.69. The van der Waals surface area contributed by atoms with E-state index in [0.29, 0.717) is 0 Å². The molecule has 2 rings (SSSR count). The zero-order valence-electron chi connectivity index (χ0n) is 8.90. The van der Waals surface area contributed by atoms with Crippen LogP contribution in [0.15, 0.2) is 28.3 Å². The first-order chi connectivity index (χ1) is 7.74. The van der Waals surface area contributed by atoms with E-state index in [1.54, 1.807) is 17.5 Å². The summed E-state index contributed by atoms with van der Waals surface area (Å²) in [6.45, 7) is 3.56. The molecule has 0 bridgehead atoms. The van der Waals surface area contributed by atoms with Gasteiger partial charge in [0.2, 0.25) is 0 Å². The van der Waals surface area contributed by atoms with Crippen molar-refractivity contribution in [3.63, 3.8) is 0 Å². The molecule has 0 saturated heterocycles. The van der Waals surface area contributed by atoms with Gasteiger partial charge in [0.25, 0.3) is 0 Å². The van der Waals surface area contributed by atoms with E-state index in [4.69, 9.17) is 0 Å². The minimum Gasteiger partial charge on any atom is -0.306 e. The van der Waals surface area contributed by atoms with Gasteiger partial charge < -0.3 is 5.32 Å². The number of nitrogens with zero attached hydrogens (tertiary/aromatic N) is 2. The van der Waals surface area contributed by atoms with Gasteiger partial charge in [0.05, 0.1) is 11.4 Å². The van der Waals surface area contributed by atoms with Crippen LogP contribution in [0.4, 0.5) is 0 Å². The van der Waals surface area contributed by atoms with E-state index >= 15 is 0 Å². The zero-order valence-corrected chi connectivity index (χ0v) is 11.3. The van der Waals surface area contributed by atoms with Crippen molar-refractivity contribution in [2.24, 2.45) is 0 Å². The maximum absolute atomic E-state index is 4.28. The molecule has 0 saturated carbocycles. The SMILES string of the molecule is Cc1cnc(CNCc2cc(Br)cs2)cn1. The monoisotopic (exact) mass is 297 g/mol. The van der Waals surface area contributed by atoms with Crippen molar-refractivity contribution in [3.05, 3.63) is 44.6 Å². The summed E-state index contributed by atoms with van der Waals surface area (Å²) in [6.07, 6.45) is 3.60. The lowest BCUT2D eigenvalue weighted by atomic mass is 10.4. The molecule has 0 atom stereocenters. The standard InChI is InChI=1S/C11H12BrN3S/c1-8-3-15-10(5-14-8)4-13-6-11-2-9(12)7-16-11/h2-3,5,7,13H,4,6H2,1H3. The molecule has 0 aliphatic rings. The smallest absolute Gasteiger partial charge is 0.0724 e. The largest absolute Gasteiger partial charge is 0.306 e. The van der Waals surface area contributed by atoms with Gasteiger partial charge in [-0.3, -0.25) is 9.97 Å². The number of nitrogens with one attached hydrogen (secondary N) is 1. The third-order valence-electron chi connectivity index (χ3n) is 2.06. The minimum atomic E-state index is 0.753. The molecule has 2 aromatic heterocycles. The van der Waals surface area contributed by atoms with Crippen LogP contribution >= 0.6 is 27.3 Å². The average Bonchev–Trinajstić information content (AvgIpc) is 2.67. The Morgan fingerprint density at radius 1 is 1.31 bits per heavy atom.